The molecule has 0 aliphatic heterocycles. The predicted molar refractivity (Wildman–Crippen MR) is 77.1 cm³/mol. The van der Waals surface area contributed by atoms with Crippen molar-refractivity contribution in [3.05, 3.63) is 28.8 Å². The predicted octanol–water partition coefficient (Wildman–Crippen LogP) is 2.93. The number of carbonyl (C=O) groups excluding carboxylic acids is 1. The van der Waals surface area contributed by atoms with Crippen molar-refractivity contribution in [1.82, 2.24) is 5.32 Å². The first kappa shape index (κ1) is 15.3. The van der Waals surface area contributed by atoms with Crippen LogP contribution >= 0.6 is 11.6 Å². The molecule has 0 bridgehead atoms. The molecule has 4 nitrogen and oxygen atoms in total. The molecule has 19 heavy (non-hydrogen) atoms. The average Bonchev–Trinajstić information content (AvgIpc) is 2.38. The number of rotatable bonds is 5. The van der Waals surface area contributed by atoms with Crippen LogP contribution in [0, 0.1) is 11.3 Å². The van der Waals surface area contributed by atoms with E-state index in [0.717, 1.165) is 12.1 Å². The van der Waals surface area contributed by atoms with Crippen molar-refractivity contribution in [2.45, 2.75) is 39.3 Å². The van der Waals surface area contributed by atoms with Crippen molar-refractivity contribution < 1.29 is 4.79 Å². The molecule has 1 aromatic carbocycles. The minimum atomic E-state index is -0.363. The molecule has 1 aromatic rings. The number of nitrogens with zero attached hydrogens (tertiary/aromatic N) is 1. The van der Waals surface area contributed by atoms with Gasteiger partial charge in [-0.3, -0.25) is 4.79 Å². The highest BCUT2D eigenvalue weighted by Gasteiger charge is 2.14. The monoisotopic (exact) mass is 279 g/mol. The van der Waals surface area contributed by atoms with E-state index in [1.807, 2.05) is 19.9 Å². The Morgan fingerprint density at radius 3 is 2.68 bits per heavy atom. The third-order valence-electron chi connectivity index (χ3n) is 2.87. The number of carbonyl (C=O) groups is 1. The van der Waals surface area contributed by atoms with Crippen LogP contribution in [0.2, 0.25) is 5.02 Å². The van der Waals surface area contributed by atoms with E-state index < -0.39 is 0 Å². The van der Waals surface area contributed by atoms with E-state index in [4.69, 9.17) is 16.9 Å². The maximum absolute atomic E-state index is 11.9. The summed E-state index contributed by atoms with van der Waals surface area (Å²) in [5.74, 6) is -0.0603. The standard InChI is InChI=1S/C14H18ClN3O/c1-4-9(2)17-14(19)10(3)18-12-6-5-11(8-16)13(15)7-12/h5-7,9-10,18H,4H2,1-3H3,(H,17,19). The van der Waals surface area contributed by atoms with Gasteiger partial charge in [-0.25, -0.2) is 0 Å². The zero-order chi connectivity index (χ0) is 14.4. The fourth-order valence-electron chi connectivity index (χ4n) is 1.48. The SMILES string of the molecule is CCC(C)NC(=O)C(C)Nc1ccc(C#N)c(Cl)c1. The molecular formula is C14H18ClN3O. The summed E-state index contributed by atoms with van der Waals surface area (Å²) in [7, 11) is 0. The van der Waals surface area contributed by atoms with Gasteiger partial charge in [-0.15, -0.1) is 0 Å². The van der Waals surface area contributed by atoms with Gasteiger partial charge in [0.2, 0.25) is 5.91 Å². The molecule has 0 spiro atoms. The molecule has 0 saturated heterocycles. The number of anilines is 1. The fraction of sp³-hybridized carbons (Fsp3) is 0.429. The Labute approximate surface area is 118 Å². The molecule has 2 unspecified atom stereocenters. The van der Waals surface area contributed by atoms with Gasteiger partial charge in [0, 0.05) is 11.7 Å². The van der Waals surface area contributed by atoms with Crippen LogP contribution in [-0.2, 0) is 4.79 Å². The zero-order valence-electron chi connectivity index (χ0n) is 11.3. The molecule has 0 aliphatic carbocycles. The number of hydrogen-bond acceptors (Lipinski definition) is 3. The van der Waals surface area contributed by atoms with Crippen LogP contribution in [0.25, 0.3) is 0 Å². The summed E-state index contributed by atoms with van der Waals surface area (Å²) in [6.45, 7) is 5.76. The third-order valence-corrected chi connectivity index (χ3v) is 3.18. The Hall–Kier alpha value is -1.73. The van der Waals surface area contributed by atoms with Gasteiger partial charge in [0.1, 0.15) is 12.1 Å². The molecule has 1 rings (SSSR count). The Bertz CT molecular complexity index is 496. The highest BCUT2D eigenvalue weighted by Crippen LogP contribution is 2.20. The first-order valence-corrected chi connectivity index (χ1v) is 6.62. The second-order valence-corrected chi connectivity index (χ2v) is 4.90. The highest BCUT2D eigenvalue weighted by atomic mass is 35.5. The summed E-state index contributed by atoms with van der Waals surface area (Å²) in [5.41, 5.74) is 1.14. The summed E-state index contributed by atoms with van der Waals surface area (Å²) < 4.78 is 0. The van der Waals surface area contributed by atoms with Gasteiger partial charge >= 0.3 is 0 Å². The molecule has 0 saturated carbocycles. The Kier molecular flexibility index (Phi) is 5.65. The normalized spacial score (nSPS) is 13.2. The molecule has 0 radical (unpaired) electrons. The molecule has 0 aromatic heterocycles. The first-order valence-electron chi connectivity index (χ1n) is 6.24. The molecule has 2 N–H and O–H groups in total. The maximum Gasteiger partial charge on any atom is 0.242 e. The van der Waals surface area contributed by atoms with Crippen molar-refractivity contribution in [2.24, 2.45) is 0 Å². The molecule has 5 heteroatoms. The molecular weight excluding hydrogens is 262 g/mol. The van der Waals surface area contributed by atoms with E-state index in [0.29, 0.717) is 10.6 Å². The van der Waals surface area contributed by atoms with E-state index in [1.165, 1.54) is 0 Å². The van der Waals surface area contributed by atoms with Gasteiger partial charge in [0.25, 0.3) is 0 Å². The second-order valence-electron chi connectivity index (χ2n) is 4.49. The van der Waals surface area contributed by atoms with Crippen molar-refractivity contribution in [2.75, 3.05) is 5.32 Å². The lowest BCUT2D eigenvalue weighted by molar-refractivity contribution is -0.122. The Morgan fingerprint density at radius 2 is 2.16 bits per heavy atom. The van der Waals surface area contributed by atoms with Gasteiger partial charge in [0.05, 0.1) is 10.6 Å². The quantitative estimate of drug-likeness (QED) is 0.871. The van der Waals surface area contributed by atoms with Crippen molar-refractivity contribution in [3.8, 4) is 6.07 Å². The topological polar surface area (TPSA) is 64.9 Å². The van der Waals surface area contributed by atoms with Crippen molar-refractivity contribution in [3.63, 3.8) is 0 Å². The third kappa shape index (κ3) is 4.46. The van der Waals surface area contributed by atoms with Gasteiger partial charge < -0.3 is 10.6 Å². The molecule has 102 valence electrons. The molecule has 0 fully saturated rings. The number of benzene rings is 1. The lowest BCUT2D eigenvalue weighted by atomic mass is 10.2. The molecule has 2 atom stereocenters. The Balaban J connectivity index is 2.67. The molecule has 0 aliphatic rings. The van der Waals surface area contributed by atoms with Gasteiger partial charge in [-0.1, -0.05) is 18.5 Å². The van der Waals surface area contributed by atoms with Crippen LogP contribution in [0.3, 0.4) is 0 Å². The van der Waals surface area contributed by atoms with Crippen LogP contribution in [0.15, 0.2) is 18.2 Å². The lowest BCUT2D eigenvalue weighted by Crippen LogP contribution is -2.41. The van der Waals surface area contributed by atoms with E-state index in [-0.39, 0.29) is 18.0 Å². The zero-order valence-corrected chi connectivity index (χ0v) is 12.1. The van der Waals surface area contributed by atoms with E-state index in [2.05, 4.69) is 10.6 Å². The highest BCUT2D eigenvalue weighted by molar-refractivity contribution is 6.32. The van der Waals surface area contributed by atoms with Crippen LogP contribution in [0.1, 0.15) is 32.8 Å². The van der Waals surface area contributed by atoms with Crippen molar-refractivity contribution >= 4 is 23.2 Å². The second kappa shape index (κ2) is 7.01. The van der Waals surface area contributed by atoms with E-state index in [1.54, 1.807) is 25.1 Å². The van der Waals surface area contributed by atoms with Gasteiger partial charge in [-0.2, -0.15) is 5.26 Å². The number of nitriles is 1. The fourth-order valence-corrected chi connectivity index (χ4v) is 1.70. The van der Waals surface area contributed by atoms with Crippen LogP contribution in [0.4, 0.5) is 5.69 Å². The Morgan fingerprint density at radius 1 is 1.47 bits per heavy atom. The minimum absolute atomic E-state index is 0.0603. The van der Waals surface area contributed by atoms with Gasteiger partial charge in [0.15, 0.2) is 0 Å². The summed E-state index contributed by atoms with van der Waals surface area (Å²) in [4.78, 5) is 11.9. The molecule has 1 amide bonds. The van der Waals surface area contributed by atoms with Crippen LogP contribution in [0.5, 0.6) is 0 Å². The number of amides is 1. The number of hydrogen-bond donors (Lipinski definition) is 2. The van der Waals surface area contributed by atoms with E-state index in [9.17, 15) is 4.79 Å². The van der Waals surface area contributed by atoms with Crippen molar-refractivity contribution in [1.29, 1.82) is 5.26 Å². The average molecular weight is 280 g/mol. The van der Waals surface area contributed by atoms with Gasteiger partial charge in [-0.05, 0) is 38.5 Å². The van der Waals surface area contributed by atoms with Crippen LogP contribution < -0.4 is 10.6 Å². The van der Waals surface area contributed by atoms with Crippen LogP contribution in [-0.4, -0.2) is 18.0 Å². The first-order chi connectivity index (χ1) is 8.97. The summed E-state index contributed by atoms with van der Waals surface area (Å²) >= 11 is 5.94. The summed E-state index contributed by atoms with van der Waals surface area (Å²) in [6, 6.07) is 6.79. The largest absolute Gasteiger partial charge is 0.374 e. The summed E-state index contributed by atoms with van der Waals surface area (Å²) in [5, 5.41) is 15.1. The minimum Gasteiger partial charge on any atom is -0.374 e. The van der Waals surface area contributed by atoms with E-state index >= 15 is 0 Å². The number of halogens is 1. The maximum atomic E-state index is 11.9. The molecule has 0 heterocycles. The lowest BCUT2D eigenvalue weighted by Gasteiger charge is -2.18. The summed E-state index contributed by atoms with van der Waals surface area (Å²) in [6.07, 6.45) is 0.890. The number of nitrogens with one attached hydrogen (secondary N) is 2. The smallest absolute Gasteiger partial charge is 0.242 e.